The molecular weight excluding hydrogens is 354 g/mol. The number of alkyl halides is 3. The van der Waals surface area contributed by atoms with Gasteiger partial charge < -0.3 is 4.98 Å². The van der Waals surface area contributed by atoms with E-state index in [1.807, 2.05) is 0 Å². The van der Waals surface area contributed by atoms with Crippen molar-refractivity contribution in [1.29, 1.82) is 0 Å². The van der Waals surface area contributed by atoms with Crippen LogP contribution in [0.2, 0.25) is 0 Å². The van der Waals surface area contributed by atoms with Crippen LogP contribution in [-0.4, -0.2) is 24.7 Å². The first-order chi connectivity index (χ1) is 12.1. The molecule has 26 heavy (non-hydrogen) atoms. The first-order valence-electron chi connectivity index (χ1n) is 7.51. The Hall–Kier alpha value is -3.04. The van der Waals surface area contributed by atoms with Crippen molar-refractivity contribution in [2.24, 2.45) is 0 Å². The molecule has 0 bridgehead atoms. The average molecular weight is 367 g/mol. The van der Waals surface area contributed by atoms with Crippen LogP contribution in [-0.2, 0) is 6.18 Å². The van der Waals surface area contributed by atoms with Gasteiger partial charge in [0.05, 0.1) is 5.56 Å². The number of nitrogens with one attached hydrogen (secondary N) is 1. The van der Waals surface area contributed by atoms with Gasteiger partial charge in [0.1, 0.15) is 18.0 Å². The van der Waals surface area contributed by atoms with Crippen LogP contribution in [0.25, 0.3) is 5.82 Å². The number of benzene rings is 1. The SMILES string of the molecule is Cc1nc(-n2cnc([C@H](C)c3ccc(C(F)(F)F)cc3F)n2)cc(=O)[nH]1. The van der Waals surface area contributed by atoms with Gasteiger partial charge >= 0.3 is 6.18 Å². The van der Waals surface area contributed by atoms with Crippen molar-refractivity contribution in [3.63, 3.8) is 0 Å². The fraction of sp³-hybridized carbons (Fsp3) is 0.250. The van der Waals surface area contributed by atoms with E-state index >= 15 is 0 Å². The minimum absolute atomic E-state index is 0.0331. The lowest BCUT2D eigenvalue weighted by Crippen LogP contribution is -2.12. The van der Waals surface area contributed by atoms with Crippen LogP contribution in [0, 0.1) is 12.7 Å². The van der Waals surface area contributed by atoms with Crippen molar-refractivity contribution in [2.75, 3.05) is 0 Å². The van der Waals surface area contributed by atoms with Gasteiger partial charge in [-0.2, -0.15) is 13.2 Å². The van der Waals surface area contributed by atoms with E-state index in [0.717, 1.165) is 12.1 Å². The Bertz CT molecular complexity index is 1010. The lowest BCUT2D eigenvalue weighted by molar-refractivity contribution is -0.137. The maximum absolute atomic E-state index is 14.1. The Morgan fingerprint density at radius 2 is 1.96 bits per heavy atom. The molecule has 10 heteroatoms. The molecule has 0 unspecified atom stereocenters. The summed E-state index contributed by atoms with van der Waals surface area (Å²) in [5.74, 6) is -0.893. The normalized spacial score (nSPS) is 13.0. The van der Waals surface area contributed by atoms with Crippen molar-refractivity contribution in [1.82, 2.24) is 24.7 Å². The van der Waals surface area contributed by atoms with Crippen molar-refractivity contribution < 1.29 is 17.6 Å². The molecule has 0 spiro atoms. The minimum atomic E-state index is -4.62. The molecule has 3 rings (SSSR count). The molecule has 0 saturated carbocycles. The van der Waals surface area contributed by atoms with Crippen LogP contribution in [0.5, 0.6) is 0 Å². The average Bonchev–Trinajstić information content (AvgIpc) is 3.02. The zero-order chi connectivity index (χ0) is 19.1. The number of rotatable bonds is 3. The number of hydrogen-bond donors (Lipinski definition) is 1. The van der Waals surface area contributed by atoms with Gasteiger partial charge in [0.2, 0.25) is 0 Å². The predicted octanol–water partition coefficient (Wildman–Crippen LogP) is 2.97. The van der Waals surface area contributed by atoms with E-state index < -0.39 is 23.5 Å². The second-order valence-corrected chi connectivity index (χ2v) is 5.69. The van der Waals surface area contributed by atoms with E-state index in [1.165, 1.54) is 17.1 Å². The van der Waals surface area contributed by atoms with Gasteiger partial charge in [0.25, 0.3) is 5.56 Å². The number of nitrogens with zero attached hydrogens (tertiary/aromatic N) is 4. The molecular formula is C16H13F4N5O. The van der Waals surface area contributed by atoms with Crippen molar-refractivity contribution in [2.45, 2.75) is 25.9 Å². The Morgan fingerprint density at radius 1 is 1.23 bits per heavy atom. The van der Waals surface area contributed by atoms with Crippen LogP contribution in [0.3, 0.4) is 0 Å². The van der Waals surface area contributed by atoms with Gasteiger partial charge in [-0.15, -0.1) is 5.10 Å². The Morgan fingerprint density at radius 3 is 2.58 bits per heavy atom. The van der Waals surface area contributed by atoms with Gasteiger partial charge in [0.15, 0.2) is 11.6 Å². The standard InChI is InChI=1S/C16H13F4N5O/c1-8(11-4-3-10(5-12(11)17)16(18,19)20)15-21-7-25(24-15)13-6-14(26)23-9(2)22-13/h3-8H,1-2H3,(H,22,23,26)/t8-/m1/s1. The third-order valence-corrected chi connectivity index (χ3v) is 3.77. The fourth-order valence-electron chi connectivity index (χ4n) is 2.46. The van der Waals surface area contributed by atoms with Crippen molar-refractivity contribution >= 4 is 0 Å². The topological polar surface area (TPSA) is 76.5 Å². The highest BCUT2D eigenvalue weighted by Gasteiger charge is 2.31. The van der Waals surface area contributed by atoms with Gasteiger partial charge in [-0.3, -0.25) is 4.79 Å². The molecule has 0 fully saturated rings. The van der Waals surface area contributed by atoms with E-state index in [2.05, 4.69) is 20.1 Å². The molecule has 0 aliphatic carbocycles. The molecule has 2 heterocycles. The van der Waals surface area contributed by atoms with E-state index in [9.17, 15) is 22.4 Å². The maximum Gasteiger partial charge on any atom is 0.416 e. The van der Waals surface area contributed by atoms with Crippen LogP contribution in [0.4, 0.5) is 17.6 Å². The summed E-state index contributed by atoms with van der Waals surface area (Å²) >= 11 is 0. The van der Waals surface area contributed by atoms with Gasteiger partial charge in [-0.1, -0.05) is 13.0 Å². The third kappa shape index (κ3) is 3.48. The Labute approximate surface area is 144 Å². The molecule has 1 N–H and O–H groups in total. The summed E-state index contributed by atoms with van der Waals surface area (Å²) < 4.78 is 53.3. The fourth-order valence-corrected chi connectivity index (χ4v) is 2.46. The molecule has 2 aromatic heterocycles. The molecule has 3 aromatic rings. The predicted molar refractivity (Wildman–Crippen MR) is 83.4 cm³/mol. The third-order valence-electron chi connectivity index (χ3n) is 3.77. The first-order valence-corrected chi connectivity index (χ1v) is 7.51. The van der Waals surface area contributed by atoms with Crippen LogP contribution in [0.1, 0.15) is 35.6 Å². The molecule has 1 atom stereocenters. The van der Waals surface area contributed by atoms with Crippen molar-refractivity contribution in [3.05, 3.63) is 69.5 Å². The molecule has 0 aliphatic heterocycles. The molecule has 1 aromatic carbocycles. The zero-order valence-corrected chi connectivity index (χ0v) is 13.7. The zero-order valence-electron chi connectivity index (χ0n) is 13.7. The summed E-state index contributed by atoms with van der Waals surface area (Å²) in [5.41, 5.74) is -1.40. The van der Waals surface area contributed by atoms with Crippen LogP contribution in [0.15, 0.2) is 35.4 Å². The van der Waals surface area contributed by atoms with Gasteiger partial charge in [0, 0.05) is 12.0 Å². The number of halogens is 4. The molecule has 136 valence electrons. The molecule has 0 amide bonds. The summed E-state index contributed by atoms with van der Waals surface area (Å²) in [7, 11) is 0. The quantitative estimate of drug-likeness (QED) is 0.722. The summed E-state index contributed by atoms with van der Waals surface area (Å²) in [6.45, 7) is 3.17. The highest BCUT2D eigenvalue weighted by atomic mass is 19.4. The lowest BCUT2D eigenvalue weighted by atomic mass is 9.98. The highest BCUT2D eigenvalue weighted by molar-refractivity contribution is 5.31. The Balaban J connectivity index is 1.93. The maximum atomic E-state index is 14.1. The smallest absolute Gasteiger partial charge is 0.311 e. The summed E-state index contributed by atoms with van der Waals surface area (Å²) in [5, 5.41) is 4.15. The van der Waals surface area contributed by atoms with Gasteiger partial charge in [-0.05, 0) is 24.6 Å². The second-order valence-electron chi connectivity index (χ2n) is 5.69. The number of aromatic nitrogens is 5. The largest absolute Gasteiger partial charge is 0.416 e. The minimum Gasteiger partial charge on any atom is -0.311 e. The van der Waals surface area contributed by atoms with Crippen LogP contribution >= 0.6 is 0 Å². The highest BCUT2D eigenvalue weighted by Crippen LogP contribution is 2.32. The first kappa shape index (κ1) is 17.8. The van der Waals surface area contributed by atoms with Gasteiger partial charge in [-0.25, -0.2) is 19.0 Å². The van der Waals surface area contributed by atoms with E-state index in [0.29, 0.717) is 11.9 Å². The molecule has 0 aliphatic rings. The van der Waals surface area contributed by atoms with Crippen LogP contribution < -0.4 is 5.56 Å². The number of aromatic amines is 1. The number of aryl methyl sites for hydroxylation is 1. The van der Waals surface area contributed by atoms with E-state index in [-0.39, 0.29) is 22.8 Å². The molecule has 6 nitrogen and oxygen atoms in total. The molecule has 0 radical (unpaired) electrons. The van der Waals surface area contributed by atoms with Crippen molar-refractivity contribution in [3.8, 4) is 5.82 Å². The summed E-state index contributed by atoms with van der Waals surface area (Å²) in [6, 6.07) is 3.55. The second kappa shape index (κ2) is 6.36. The number of H-pyrrole nitrogens is 1. The molecule has 0 saturated heterocycles. The number of hydrogen-bond acceptors (Lipinski definition) is 4. The summed E-state index contributed by atoms with van der Waals surface area (Å²) in [6.07, 6.45) is -3.32. The Kier molecular flexibility index (Phi) is 4.34. The van der Waals surface area contributed by atoms with E-state index in [1.54, 1.807) is 13.8 Å². The summed E-state index contributed by atoms with van der Waals surface area (Å²) in [4.78, 5) is 22.2. The van der Waals surface area contributed by atoms with E-state index in [4.69, 9.17) is 0 Å². The lowest BCUT2D eigenvalue weighted by Gasteiger charge is -2.12. The monoisotopic (exact) mass is 367 g/mol.